The average Bonchev–Trinajstić information content (AvgIpc) is 2.96. The summed E-state index contributed by atoms with van der Waals surface area (Å²) in [7, 11) is 0. The Kier molecular flexibility index (Phi) is 4.58. The van der Waals surface area contributed by atoms with E-state index in [0.717, 1.165) is 43.1 Å². The molecule has 4 nitrogen and oxygen atoms in total. The number of aliphatic hydroxyl groups is 1. The van der Waals surface area contributed by atoms with Crippen LogP contribution < -0.4 is 0 Å². The highest BCUT2D eigenvalue weighted by Crippen LogP contribution is 2.24. The number of oxazole rings is 1. The van der Waals surface area contributed by atoms with E-state index in [-0.39, 0.29) is 6.61 Å². The minimum Gasteiger partial charge on any atom is -0.439 e. The first-order chi connectivity index (χ1) is 10.2. The second-order valence-electron chi connectivity index (χ2n) is 5.55. The van der Waals surface area contributed by atoms with Gasteiger partial charge in [0.05, 0.1) is 12.7 Å². The molecular formula is C16H19ClN2O2. The maximum absolute atomic E-state index is 9.27. The van der Waals surface area contributed by atoms with Crippen molar-refractivity contribution in [2.75, 3.05) is 19.7 Å². The molecule has 1 N–H and O–H groups in total. The smallest absolute Gasteiger partial charge is 0.209 e. The van der Waals surface area contributed by atoms with E-state index >= 15 is 0 Å². The van der Waals surface area contributed by atoms with Crippen molar-refractivity contribution >= 4 is 11.6 Å². The van der Waals surface area contributed by atoms with Crippen LogP contribution in [0.25, 0.3) is 11.3 Å². The van der Waals surface area contributed by atoms with E-state index in [4.69, 9.17) is 16.0 Å². The molecule has 0 amide bonds. The van der Waals surface area contributed by atoms with Crippen molar-refractivity contribution < 1.29 is 9.52 Å². The number of aromatic nitrogens is 1. The van der Waals surface area contributed by atoms with Crippen molar-refractivity contribution in [2.45, 2.75) is 19.4 Å². The molecule has 1 atom stereocenters. The van der Waals surface area contributed by atoms with Gasteiger partial charge in [-0.1, -0.05) is 11.6 Å². The first-order valence-corrected chi connectivity index (χ1v) is 7.66. The van der Waals surface area contributed by atoms with E-state index in [2.05, 4.69) is 9.88 Å². The van der Waals surface area contributed by atoms with Gasteiger partial charge in [0, 0.05) is 23.7 Å². The van der Waals surface area contributed by atoms with Gasteiger partial charge in [-0.3, -0.25) is 4.90 Å². The quantitative estimate of drug-likeness (QED) is 0.942. The van der Waals surface area contributed by atoms with E-state index in [1.807, 2.05) is 24.3 Å². The Hall–Kier alpha value is -1.36. The number of halogens is 1. The van der Waals surface area contributed by atoms with Crippen LogP contribution in [0.15, 0.2) is 34.9 Å². The molecule has 0 bridgehead atoms. The molecule has 1 aliphatic rings. The lowest BCUT2D eigenvalue weighted by Gasteiger charge is -2.30. The molecule has 3 rings (SSSR count). The fourth-order valence-corrected chi connectivity index (χ4v) is 2.89. The lowest BCUT2D eigenvalue weighted by Crippen LogP contribution is -2.36. The number of hydrogen-bond donors (Lipinski definition) is 1. The Morgan fingerprint density at radius 3 is 2.90 bits per heavy atom. The number of rotatable bonds is 4. The summed E-state index contributed by atoms with van der Waals surface area (Å²) in [6.07, 6.45) is 3.98. The standard InChI is InChI=1S/C16H19ClN2O2/c17-14-5-3-13(4-6-14)15-8-18-16(21-15)10-19-7-1-2-12(9-19)11-20/h3-6,8,12,20H,1-2,7,9-11H2. The highest BCUT2D eigenvalue weighted by atomic mass is 35.5. The lowest BCUT2D eigenvalue weighted by molar-refractivity contribution is 0.109. The summed E-state index contributed by atoms with van der Waals surface area (Å²) in [6.45, 7) is 2.91. The first kappa shape index (κ1) is 14.6. The highest BCUT2D eigenvalue weighted by Gasteiger charge is 2.20. The summed E-state index contributed by atoms with van der Waals surface area (Å²) < 4.78 is 5.82. The minimum absolute atomic E-state index is 0.262. The predicted molar refractivity (Wildman–Crippen MR) is 82.0 cm³/mol. The summed E-state index contributed by atoms with van der Waals surface area (Å²) in [5, 5.41) is 9.98. The Bertz CT molecular complexity index is 582. The topological polar surface area (TPSA) is 49.5 Å². The highest BCUT2D eigenvalue weighted by molar-refractivity contribution is 6.30. The Morgan fingerprint density at radius 2 is 2.14 bits per heavy atom. The van der Waals surface area contributed by atoms with Gasteiger partial charge in [-0.2, -0.15) is 0 Å². The van der Waals surface area contributed by atoms with Crippen LogP contribution in [0.2, 0.25) is 5.02 Å². The third-order valence-electron chi connectivity index (χ3n) is 3.90. The van der Waals surface area contributed by atoms with Crippen molar-refractivity contribution in [3.05, 3.63) is 41.4 Å². The van der Waals surface area contributed by atoms with Crippen LogP contribution in [0.5, 0.6) is 0 Å². The summed E-state index contributed by atoms with van der Waals surface area (Å²) in [5.74, 6) is 1.86. The average molecular weight is 307 g/mol. The molecule has 0 saturated carbocycles. The molecular weight excluding hydrogens is 288 g/mol. The molecule has 0 radical (unpaired) electrons. The van der Waals surface area contributed by atoms with Crippen molar-refractivity contribution in [1.82, 2.24) is 9.88 Å². The van der Waals surface area contributed by atoms with E-state index in [1.54, 1.807) is 6.20 Å². The summed E-state index contributed by atoms with van der Waals surface area (Å²) >= 11 is 5.89. The number of likely N-dealkylation sites (tertiary alicyclic amines) is 1. The zero-order valence-corrected chi connectivity index (χ0v) is 12.6. The molecule has 1 aromatic carbocycles. The Morgan fingerprint density at radius 1 is 1.33 bits per heavy atom. The van der Waals surface area contributed by atoms with Gasteiger partial charge < -0.3 is 9.52 Å². The molecule has 1 unspecified atom stereocenters. The minimum atomic E-state index is 0.262. The number of hydrogen-bond acceptors (Lipinski definition) is 4. The summed E-state index contributed by atoms with van der Waals surface area (Å²) in [6, 6.07) is 7.54. The Balaban J connectivity index is 1.66. The molecule has 1 fully saturated rings. The van der Waals surface area contributed by atoms with Crippen LogP contribution in [0.1, 0.15) is 18.7 Å². The number of piperidine rings is 1. The maximum Gasteiger partial charge on any atom is 0.209 e. The summed E-state index contributed by atoms with van der Waals surface area (Å²) in [4.78, 5) is 6.65. The molecule has 5 heteroatoms. The third-order valence-corrected chi connectivity index (χ3v) is 4.15. The second-order valence-corrected chi connectivity index (χ2v) is 5.99. The molecule has 1 aromatic heterocycles. The SMILES string of the molecule is OCC1CCCN(Cc2ncc(-c3ccc(Cl)cc3)o2)C1. The summed E-state index contributed by atoms with van der Waals surface area (Å²) in [5.41, 5.74) is 0.977. The van der Waals surface area contributed by atoms with Gasteiger partial charge in [-0.25, -0.2) is 4.98 Å². The predicted octanol–water partition coefficient (Wildman–Crippen LogP) is 3.20. The molecule has 2 aromatic rings. The van der Waals surface area contributed by atoms with Gasteiger partial charge in [-0.15, -0.1) is 0 Å². The Labute approximate surface area is 129 Å². The monoisotopic (exact) mass is 306 g/mol. The van der Waals surface area contributed by atoms with Crippen LogP contribution in [0.3, 0.4) is 0 Å². The van der Waals surface area contributed by atoms with Crippen LogP contribution in [-0.2, 0) is 6.54 Å². The van der Waals surface area contributed by atoms with Crippen LogP contribution in [0, 0.1) is 5.92 Å². The lowest BCUT2D eigenvalue weighted by atomic mass is 9.99. The van der Waals surface area contributed by atoms with Crippen molar-refractivity contribution in [2.24, 2.45) is 5.92 Å². The second kappa shape index (κ2) is 6.60. The van der Waals surface area contributed by atoms with Gasteiger partial charge in [-0.05, 0) is 49.6 Å². The normalized spacial score (nSPS) is 19.8. The molecule has 21 heavy (non-hydrogen) atoms. The third kappa shape index (κ3) is 3.64. The van der Waals surface area contributed by atoms with Crippen LogP contribution >= 0.6 is 11.6 Å². The van der Waals surface area contributed by atoms with Crippen LogP contribution in [-0.4, -0.2) is 34.7 Å². The van der Waals surface area contributed by atoms with Gasteiger partial charge in [0.25, 0.3) is 0 Å². The zero-order valence-electron chi connectivity index (χ0n) is 11.8. The van der Waals surface area contributed by atoms with Crippen molar-refractivity contribution in [3.63, 3.8) is 0 Å². The fraction of sp³-hybridized carbons (Fsp3) is 0.438. The van der Waals surface area contributed by atoms with Crippen LogP contribution in [0.4, 0.5) is 0 Å². The number of benzene rings is 1. The van der Waals surface area contributed by atoms with Crippen molar-refractivity contribution in [3.8, 4) is 11.3 Å². The fourth-order valence-electron chi connectivity index (χ4n) is 2.77. The van der Waals surface area contributed by atoms with Gasteiger partial charge in [0.2, 0.25) is 5.89 Å². The molecule has 1 saturated heterocycles. The molecule has 112 valence electrons. The van der Waals surface area contributed by atoms with Gasteiger partial charge in [0.15, 0.2) is 5.76 Å². The zero-order chi connectivity index (χ0) is 14.7. The van der Waals surface area contributed by atoms with Gasteiger partial charge in [0.1, 0.15) is 0 Å². The number of aliphatic hydroxyl groups excluding tert-OH is 1. The van der Waals surface area contributed by atoms with E-state index in [1.165, 1.54) is 0 Å². The maximum atomic E-state index is 9.27. The largest absolute Gasteiger partial charge is 0.439 e. The van der Waals surface area contributed by atoms with Crippen molar-refractivity contribution in [1.29, 1.82) is 0 Å². The van der Waals surface area contributed by atoms with Gasteiger partial charge >= 0.3 is 0 Å². The molecule has 0 aliphatic carbocycles. The molecule has 1 aliphatic heterocycles. The van der Waals surface area contributed by atoms with E-state index < -0.39 is 0 Å². The molecule has 2 heterocycles. The first-order valence-electron chi connectivity index (χ1n) is 7.28. The van der Waals surface area contributed by atoms with E-state index in [9.17, 15) is 5.11 Å². The molecule has 0 spiro atoms. The number of nitrogens with zero attached hydrogens (tertiary/aromatic N) is 2. The van der Waals surface area contributed by atoms with E-state index in [0.29, 0.717) is 17.5 Å².